The summed E-state index contributed by atoms with van der Waals surface area (Å²) in [5, 5.41) is 8.98. The van der Waals surface area contributed by atoms with E-state index in [0.717, 1.165) is 11.3 Å². The second-order valence-corrected chi connectivity index (χ2v) is 4.01. The van der Waals surface area contributed by atoms with E-state index >= 15 is 0 Å². The predicted octanol–water partition coefficient (Wildman–Crippen LogP) is 3.11. The average Bonchev–Trinajstić information content (AvgIpc) is 2.18. The molecule has 0 saturated carbocycles. The van der Waals surface area contributed by atoms with Gasteiger partial charge in [0.25, 0.3) is 0 Å². The fraction of sp³-hybridized carbons (Fsp3) is 0.300. The molecule has 2 nitrogen and oxygen atoms in total. The highest BCUT2D eigenvalue weighted by atomic mass is 35.5. The van der Waals surface area contributed by atoms with Crippen molar-refractivity contribution in [2.75, 3.05) is 12.9 Å². The zero-order valence-electron chi connectivity index (χ0n) is 7.79. The summed E-state index contributed by atoms with van der Waals surface area (Å²) in [7, 11) is 1.59. The van der Waals surface area contributed by atoms with E-state index in [2.05, 4.69) is 6.07 Å². The highest BCUT2D eigenvalue weighted by Crippen LogP contribution is 2.26. The summed E-state index contributed by atoms with van der Waals surface area (Å²) < 4.78 is 5.03. The lowest BCUT2D eigenvalue weighted by molar-refractivity contribution is 0.415. The molecule has 0 N–H and O–H groups in total. The molecule has 0 saturated heterocycles. The molecule has 1 aromatic rings. The molecule has 4 heteroatoms. The van der Waals surface area contributed by atoms with Crippen LogP contribution in [0.25, 0.3) is 0 Å². The number of rotatable bonds is 4. The zero-order chi connectivity index (χ0) is 10.4. The van der Waals surface area contributed by atoms with Gasteiger partial charge in [-0.3, -0.25) is 0 Å². The Morgan fingerprint density at radius 1 is 1.57 bits per heavy atom. The molecule has 0 atom stereocenters. The summed E-state index contributed by atoms with van der Waals surface area (Å²) in [6.07, 6.45) is 0. The third-order valence-corrected chi connectivity index (χ3v) is 2.82. The first-order valence-electron chi connectivity index (χ1n) is 4.05. The summed E-state index contributed by atoms with van der Waals surface area (Å²) in [6.45, 7) is 0. The average molecular weight is 228 g/mol. The maximum atomic E-state index is 8.36. The molecule has 0 spiro atoms. The van der Waals surface area contributed by atoms with Gasteiger partial charge in [-0.15, -0.1) is 11.8 Å². The molecule has 14 heavy (non-hydrogen) atoms. The number of hydrogen-bond donors (Lipinski definition) is 0. The lowest BCUT2D eigenvalue weighted by atomic mass is 10.2. The molecule has 1 aromatic carbocycles. The van der Waals surface area contributed by atoms with E-state index in [-0.39, 0.29) is 0 Å². The highest BCUT2D eigenvalue weighted by Gasteiger charge is 2.01. The van der Waals surface area contributed by atoms with Gasteiger partial charge in [-0.05, 0) is 17.7 Å². The van der Waals surface area contributed by atoms with E-state index in [1.54, 1.807) is 18.9 Å². The Kier molecular flexibility index (Phi) is 4.64. The van der Waals surface area contributed by atoms with Crippen LogP contribution in [0.1, 0.15) is 5.56 Å². The second-order valence-electron chi connectivity index (χ2n) is 2.62. The van der Waals surface area contributed by atoms with Crippen molar-refractivity contribution in [2.24, 2.45) is 0 Å². The van der Waals surface area contributed by atoms with Crippen LogP contribution in [-0.2, 0) is 5.75 Å². The number of benzene rings is 1. The van der Waals surface area contributed by atoms with Crippen molar-refractivity contribution in [2.45, 2.75) is 5.75 Å². The monoisotopic (exact) mass is 227 g/mol. The van der Waals surface area contributed by atoms with Crippen LogP contribution in [0.15, 0.2) is 18.2 Å². The Morgan fingerprint density at radius 3 is 2.93 bits per heavy atom. The summed E-state index contributed by atoms with van der Waals surface area (Å²) in [5.41, 5.74) is 1.11. The van der Waals surface area contributed by atoms with Gasteiger partial charge in [0.2, 0.25) is 0 Å². The molecular formula is C10H10ClNOS. The van der Waals surface area contributed by atoms with Crippen LogP contribution in [0.3, 0.4) is 0 Å². The molecule has 0 bridgehead atoms. The van der Waals surface area contributed by atoms with Crippen molar-refractivity contribution in [1.29, 1.82) is 5.26 Å². The number of nitrogens with zero attached hydrogens (tertiary/aromatic N) is 1. The molecule has 1 rings (SSSR count). The van der Waals surface area contributed by atoms with E-state index < -0.39 is 0 Å². The van der Waals surface area contributed by atoms with Crippen LogP contribution in [0, 0.1) is 11.3 Å². The number of ether oxygens (including phenoxy) is 1. The van der Waals surface area contributed by atoms with E-state index in [4.69, 9.17) is 21.6 Å². The quantitative estimate of drug-likeness (QED) is 0.741. The van der Waals surface area contributed by atoms with Gasteiger partial charge in [0.05, 0.1) is 24.0 Å². The lowest BCUT2D eigenvalue weighted by Crippen LogP contribution is -1.86. The molecule has 0 unspecified atom stereocenters. The van der Waals surface area contributed by atoms with Crippen LogP contribution < -0.4 is 4.74 Å². The minimum Gasteiger partial charge on any atom is -0.495 e. The first-order valence-corrected chi connectivity index (χ1v) is 5.58. The zero-order valence-corrected chi connectivity index (χ0v) is 9.36. The van der Waals surface area contributed by atoms with Crippen molar-refractivity contribution in [3.05, 3.63) is 28.8 Å². The number of thioether (sulfide) groups is 1. The summed E-state index contributed by atoms with van der Waals surface area (Å²) in [5.74, 6) is 1.99. The minimum atomic E-state index is 0.504. The van der Waals surface area contributed by atoms with Crippen LogP contribution in [-0.4, -0.2) is 12.9 Å². The van der Waals surface area contributed by atoms with Crippen LogP contribution in [0.5, 0.6) is 5.75 Å². The fourth-order valence-corrected chi connectivity index (χ4v) is 1.90. The number of nitriles is 1. The Labute approximate surface area is 92.8 Å². The van der Waals surface area contributed by atoms with Gasteiger partial charge in [-0.2, -0.15) is 5.26 Å². The molecular weight excluding hydrogens is 218 g/mol. The Bertz CT molecular complexity index is 348. The minimum absolute atomic E-state index is 0.504. The van der Waals surface area contributed by atoms with Crippen LogP contribution >= 0.6 is 23.4 Å². The topological polar surface area (TPSA) is 33.0 Å². The van der Waals surface area contributed by atoms with Crippen molar-refractivity contribution in [1.82, 2.24) is 0 Å². The van der Waals surface area contributed by atoms with Gasteiger partial charge in [0, 0.05) is 5.75 Å². The molecule has 0 radical (unpaired) electrons. The molecule has 0 aliphatic heterocycles. The predicted molar refractivity (Wildman–Crippen MR) is 59.8 cm³/mol. The molecule has 0 aliphatic rings. The van der Waals surface area contributed by atoms with E-state index in [0.29, 0.717) is 16.5 Å². The standard InChI is InChI=1S/C10H10ClNOS/c1-13-10-3-2-8(6-9(10)11)7-14-5-4-12/h2-3,6H,5,7H2,1H3. The molecule has 0 aliphatic carbocycles. The van der Waals surface area contributed by atoms with Gasteiger partial charge in [0.1, 0.15) is 5.75 Å². The van der Waals surface area contributed by atoms with Gasteiger partial charge in [-0.25, -0.2) is 0 Å². The first kappa shape index (κ1) is 11.2. The molecule has 0 amide bonds. The number of halogens is 1. The van der Waals surface area contributed by atoms with Gasteiger partial charge < -0.3 is 4.74 Å². The van der Waals surface area contributed by atoms with Crippen LogP contribution in [0.4, 0.5) is 0 Å². The maximum Gasteiger partial charge on any atom is 0.137 e. The van der Waals surface area contributed by atoms with Crippen molar-refractivity contribution >= 4 is 23.4 Å². The van der Waals surface area contributed by atoms with E-state index in [1.165, 1.54) is 0 Å². The first-order chi connectivity index (χ1) is 6.77. The molecule has 0 aromatic heterocycles. The van der Waals surface area contributed by atoms with Crippen molar-refractivity contribution in [3.8, 4) is 11.8 Å². The van der Waals surface area contributed by atoms with E-state index in [9.17, 15) is 0 Å². The fourth-order valence-electron chi connectivity index (χ4n) is 1.01. The summed E-state index contributed by atoms with van der Waals surface area (Å²) in [4.78, 5) is 0. The Hall–Kier alpha value is -0.850. The van der Waals surface area contributed by atoms with E-state index in [1.807, 2.05) is 18.2 Å². The molecule has 0 heterocycles. The van der Waals surface area contributed by atoms with Crippen molar-refractivity contribution in [3.63, 3.8) is 0 Å². The second kappa shape index (κ2) is 5.79. The van der Waals surface area contributed by atoms with Gasteiger partial charge in [-0.1, -0.05) is 17.7 Å². The summed E-state index contributed by atoms with van der Waals surface area (Å²) in [6, 6.07) is 7.74. The normalized spacial score (nSPS) is 9.50. The largest absolute Gasteiger partial charge is 0.495 e. The van der Waals surface area contributed by atoms with Gasteiger partial charge >= 0.3 is 0 Å². The third kappa shape index (κ3) is 3.13. The summed E-state index contributed by atoms with van der Waals surface area (Å²) >= 11 is 7.51. The third-order valence-electron chi connectivity index (χ3n) is 1.65. The molecule has 74 valence electrons. The van der Waals surface area contributed by atoms with Gasteiger partial charge in [0.15, 0.2) is 0 Å². The number of hydrogen-bond acceptors (Lipinski definition) is 3. The highest BCUT2D eigenvalue weighted by molar-refractivity contribution is 7.98. The molecule has 0 fully saturated rings. The maximum absolute atomic E-state index is 8.36. The number of methoxy groups -OCH3 is 1. The van der Waals surface area contributed by atoms with Crippen molar-refractivity contribution < 1.29 is 4.74 Å². The Balaban J connectivity index is 2.63. The van der Waals surface area contributed by atoms with Crippen LogP contribution in [0.2, 0.25) is 5.02 Å². The SMILES string of the molecule is COc1ccc(CSCC#N)cc1Cl. The Morgan fingerprint density at radius 2 is 2.36 bits per heavy atom. The lowest BCUT2D eigenvalue weighted by Gasteiger charge is -2.04. The smallest absolute Gasteiger partial charge is 0.137 e.